The first-order chi connectivity index (χ1) is 8.28. The predicted octanol–water partition coefficient (Wildman–Crippen LogP) is 1.43. The second-order valence-electron chi connectivity index (χ2n) is 5.48. The average Bonchev–Trinajstić information content (AvgIpc) is 2.49. The number of nitrogens with zero attached hydrogens (tertiary/aromatic N) is 1. The molecule has 1 aliphatic rings. The minimum atomic E-state index is -0.478. The first kappa shape index (κ1) is 15.1. The normalized spacial score (nSPS) is 20.1. The van der Waals surface area contributed by atoms with Gasteiger partial charge in [0.1, 0.15) is 5.60 Å². The average molecular weight is 274 g/mol. The molecular formula is C12H22N2O3S. The molecule has 0 spiro atoms. The number of hydrogen-bond donors (Lipinski definition) is 2. The maximum atomic E-state index is 11.5. The van der Waals surface area contributed by atoms with Crippen molar-refractivity contribution in [3.05, 3.63) is 0 Å². The van der Waals surface area contributed by atoms with Crippen LogP contribution in [0.15, 0.2) is 0 Å². The summed E-state index contributed by atoms with van der Waals surface area (Å²) >= 11 is 4.28. The molecule has 1 atom stereocenters. The summed E-state index contributed by atoms with van der Waals surface area (Å²) in [5, 5.41) is 2.82. The summed E-state index contributed by atoms with van der Waals surface area (Å²) in [5.74, 6) is 0.146. The van der Waals surface area contributed by atoms with Crippen molar-refractivity contribution in [3.63, 3.8) is 0 Å². The lowest BCUT2D eigenvalue weighted by molar-refractivity contribution is -0.127. The molecule has 1 fully saturated rings. The van der Waals surface area contributed by atoms with Crippen molar-refractivity contribution >= 4 is 24.6 Å². The monoisotopic (exact) mass is 274 g/mol. The smallest absolute Gasteiger partial charge is 0.407 e. The molecule has 18 heavy (non-hydrogen) atoms. The van der Waals surface area contributed by atoms with Crippen LogP contribution in [0.1, 0.15) is 33.6 Å². The molecule has 2 amide bonds. The van der Waals surface area contributed by atoms with E-state index in [9.17, 15) is 9.59 Å². The van der Waals surface area contributed by atoms with Gasteiger partial charge in [-0.3, -0.25) is 4.79 Å². The number of hydrogen-bond acceptors (Lipinski definition) is 4. The van der Waals surface area contributed by atoms with Gasteiger partial charge in [-0.05, 0) is 27.2 Å². The zero-order valence-corrected chi connectivity index (χ0v) is 12.1. The lowest BCUT2D eigenvalue weighted by atomic mass is 10.2. The number of ether oxygens (including phenoxy) is 1. The molecule has 0 radical (unpaired) electrons. The Balaban J connectivity index is 2.12. The number of alkyl carbamates (subject to hydrolysis) is 1. The third-order valence-corrected chi connectivity index (χ3v) is 2.81. The number of nitrogens with one attached hydrogen (secondary N) is 1. The fraction of sp³-hybridized carbons (Fsp3) is 0.833. The molecule has 1 heterocycles. The summed E-state index contributed by atoms with van der Waals surface area (Å²) in [6.45, 7) is 7.34. The van der Waals surface area contributed by atoms with Gasteiger partial charge in [0, 0.05) is 31.3 Å². The van der Waals surface area contributed by atoms with Crippen molar-refractivity contribution in [2.24, 2.45) is 0 Å². The highest BCUT2D eigenvalue weighted by molar-refractivity contribution is 7.81. The van der Waals surface area contributed by atoms with E-state index in [1.165, 1.54) is 0 Å². The predicted molar refractivity (Wildman–Crippen MR) is 72.8 cm³/mol. The summed E-state index contributed by atoms with van der Waals surface area (Å²) in [4.78, 5) is 24.6. The molecule has 0 aromatic carbocycles. The molecule has 104 valence electrons. The molecule has 1 aliphatic heterocycles. The number of carbonyl (C=O) groups excluding carboxylic acids is 2. The Kier molecular flexibility index (Phi) is 5.31. The quantitative estimate of drug-likeness (QED) is 0.602. The SMILES string of the molecule is CC(C)(C)OC(=O)NCCCN1CC(S)CC1=O. The highest BCUT2D eigenvalue weighted by Crippen LogP contribution is 2.15. The summed E-state index contributed by atoms with van der Waals surface area (Å²) in [5.41, 5.74) is -0.478. The highest BCUT2D eigenvalue weighted by atomic mass is 32.1. The maximum Gasteiger partial charge on any atom is 0.407 e. The number of rotatable bonds is 4. The van der Waals surface area contributed by atoms with E-state index >= 15 is 0 Å². The Morgan fingerprint density at radius 1 is 1.56 bits per heavy atom. The van der Waals surface area contributed by atoms with E-state index in [0.29, 0.717) is 26.1 Å². The van der Waals surface area contributed by atoms with Crippen LogP contribution in [0.4, 0.5) is 4.79 Å². The fourth-order valence-electron chi connectivity index (χ4n) is 1.74. The summed E-state index contributed by atoms with van der Waals surface area (Å²) < 4.78 is 5.11. The largest absolute Gasteiger partial charge is 0.444 e. The standard InChI is InChI=1S/C12H22N2O3S/c1-12(2,3)17-11(16)13-5-4-6-14-8-9(18)7-10(14)15/h9,18H,4-8H2,1-3H3,(H,13,16). The first-order valence-corrected chi connectivity index (χ1v) is 6.72. The van der Waals surface area contributed by atoms with Gasteiger partial charge in [-0.15, -0.1) is 0 Å². The van der Waals surface area contributed by atoms with Gasteiger partial charge >= 0.3 is 6.09 Å². The van der Waals surface area contributed by atoms with Crippen LogP contribution in [0.5, 0.6) is 0 Å². The van der Waals surface area contributed by atoms with Crippen LogP contribution >= 0.6 is 12.6 Å². The van der Waals surface area contributed by atoms with Gasteiger partial charge in [0.2, 0.25) is 5.91 Å². The van der Waals surface area contributed by atoms with Gasteiger partial charge in [0.15, 0.2) is 0 Å². The summed E-state index contributed by atoms with van der Waals surface area (Å²) in [6.07, 6.45) is 0.830. The number of amides is 2. The van der Waals surface area contributed by atoms with E-state index in [-0.39, 0.29) is 11.2 Å². The van der Waals surface area contributed by atoms with Crippen molar-refractivity contribution in [1.29, 1.82) is 0 Å². The number of thiol groups is 1. The highest BCUT2D eigenvalue weighted by Gasteiger charge is 2.26. The molecule has 1 rings (SSSR count). The molecule has 0 aromatic heterocycles. The van der Waals surface area contributed by atoms with E-state index in [0.717, 1.165) is 6.42 Å². The van der Waals surface area contributed by atoms with Crippen LogP contribution in [0.3, 0.4) is 0 Å². The molecule has 1 saturated heterocycles. The van der Waals surface area contributed by atoms with Crippen LogP contribution in [0, 0.1) is 0 Å². The van der Waals surface area contributed by atoms with Gasteiger partial charge in [-0.1, -0.05) is 0 Å². The second kappa shape index (κ2) is 6.31. The van der Waals surface area contributed by atoms with E-state index in [2.05, 4.69) is 17.9 Å². The molecule has 6 heteroatoms. The zero-order chi connectivity index (χ0) is 13.8. The molecule has 1 N–H and O–H groups in total. The third kappa shape index (κ3) is 5.62. The van der Waals surface area contributed by atoms with Crippen molar-refractivity contribution < 1.29 is 14.3 Å². The second-order valence-corrected chi connectivity index (χ2v) is 6.21. The topological polar surface area (TPSA) is 58.6 Å². The van der Waals surface area contributed by atoms with Gasteiger partial charge < -0.3 is 15.0 Å². The molecule has 0 aliphatic carbocycles. The van der Waals surface area contributed by atoms with Gasteiger partial charge in [-0.2, -0.15) is 12.6 Å². The first-order valence-electron chi connectivity index (χ1n) is 6.20. The fourth-order valence-corrected chi connectivity index (χ4v) is 2.10. The Morgan fingerprint density at radius 2 is 2.22 bits per heavy atom. The number of likely N-dealkylation sites (tertiary alicyclic amines) is 1. The molecule has 5 nitrogen and oxygen atoms in total. The minimum Gasteiger partial charge on any atom is -0.444 e. The van der Waals surface area contributed by atoms with E-state index in [1.54, 1.807) is 4.90 Å². The molecule has 0 bridgehead atoms. The lowest BCUT2D eigenvalue weighted by Crippen LogP contribution is -2.34. The van der Waals surface area contributed by atoms with Crippen LogP contribution in [-0.4, -0.2) is 47.4 Å². The van der Waals surface area contributed by atoms with Crippen molar-refractivity contribution in [1.82, 2.24) is 10.2 Å². The maximum absolute atomic E-state index is 11.5. The van der Waals surface area contributed by atoms with Gasteiger partial charge in [-0.25, -0.2) is 4.79 Å². The lowest BCUT2D eigenvalue weighted by Gasteiger charge is -2.20. The number of carbonyl (C=O) groups is 2. The summed E-state index contributed by atoms with van der Waals surface area (Å²) in [7, 11) is 0. The van der Waals surface area contributed by atoms with Crippen molar-refractivity contribution in [2.75, 3.05) is 19.6 Å². The summed E-state index contributed by atoms with van der Waals surface area (Å²) in [6, 6.07) is 0. The van der Waals surface area contributed by atoms with Gasteiger partial charge in [0.05, 0.1) is 0 Å². The van der Waals surface area contributed by atoms with E-state index < -0.39 is 11.7 Å². The molecular weight excluding hydrogens is 252 g/mol. The van der Waals surface area contributed by atoms with Crippen LogP contribution in [0.25, 0.3) is 0 Å². The molecule has 0 saturated carbocycles. The van der Waals surface area contributed by atoms with Crippen LogP contribution in [-0.2, 0) is 9.53 Å². The Morgan fingerprint density at radius 3 is 2.72 bits per heavy atom. The Bertz CT molecular complexity index is 315. The van der Waals surface area contributed by atoms with Crippen LogP contribution in [0.2, 0.25) is 0 Å². The Labute approximate surface area is 114 Å². The van der Waals surface area contributed by atoms with Crippen molar-refractivity contribution in [3.8, 4) is 0 Å². The van der Waals surface area contributed by atoms with E-state index in [4.69, 9.17) is 4.74 Å². The third-order valence-electron chi connectivity index (χ3n) is 2.47. The molecule has 0 aromatic rings. The minimum absolute atomic E-state index is 0.146. The van der Waals surface area contributed by atoms with Gasteiger partial charge in [0.25, 0.3) is 0 Å². The Hall–Kier alpha value is -0.910. The van der Waals surface area contributed by atoms with Crippen molar-refractivity contribution in [2.45, 2.75) is 44.5 Å². The van der Waals surface area contributed by atoms with Crippen LogP contribution < -0.4 is 5.32 Å². The zero-order valence-electron chi connectivity index (χ0n) is 11.2. The molecule has 1 unspecified atom stereocenters. The van der Waals surface area contributed by atoms with E-state index in [1.807, 2.05) is 20.8 Å².